The molecular formula is C6H12NNaO4. The van der Waals surface area contributed by atoms with Crippen molar-refractivity contribution in [1.82, 2.24) is 0 Å². The number of hydrogen-bond donors (Lipinski definition) is 3. The van der Waals surface area contributed by atoms with Crippen LogP contribution in [0.3, 0.4) is 0 Å². The molecule has 0 aliphatic heterocycles. The van der Waals surface area contributed by atoms with Crippen molar-refractivity contribution in [3.05, 3.63) is 6.92 Å². The molecule has 6 heteroatoms. The van der Waals surface area contributed by atoms with Gasteiger partial charge in [-0.05, 0) is 6.54 Å². The average molecular weight is 185 g/mol. The molecule has 0 aliphatic rings. The zero-order chi connectivity index (χ0) is 9.28. The summed E-state index contributed by atoms with van der Waals surface area (Å²) in [4.78, 5) is 18.9. The Bertz CT molecular complexity index is 115. The standard InChI is InChI=1S/C3H8N.C3H4O4.Na/c1-2-3-4;4-2(5)1-3(6)7;/h1-4H2;1H2,(H,4,5)(H,6,7);/q-1;;+1. The summed E-state index contributed by atoms with van der Waals surface area (Å²) in [7, 11) is 0. The third kappa shape index (κ3) is 32.7. The minimum absolute atomic E-state index is 0. The van der Waals surface area contributed by atoms with E-state index in [0.717, 1.165) is 6.42 Å². The van der Waals surface area contributed by atoms with E-state index in [9.17, 15) is 9.59 Å². The number of carboxylic acid groups (broad SMARTS) is 2. The van der Waals surface area contributed by atoms with Crippen molar-refractivity contribution >= 4 is 11.9 Å². The van der Waals surface area contributed by atoms with Gasteiger partial charge in [-0.3, -0.25) is 9.59 Å². The number of hydrogen-bond acceptors (Lipinski definition) is 3. The molecule has 0 aromatic carbocycles. The van der Waals surface area contributed by atoms with Crippen LogP contribution in [0, 0.1) is 6.92 Å². The molecule has 0 radical (unpaired) electrons. The fourth-order valence-electron chi connectivity index (χ4n) is 0.129. The van der Waals surface area contributed by atoms with E-state index in [-0.39, 0.29) is 29.6 Å². The Kier molecular flexibility index (Phi) is 20.1. The summed E-state index contributed by atoms with van der Waals surface area (Å²) in [6, 6.07) is 0. The van der Waals surface area contributed by atoms with Gasteiger partial charge in [0.25, 0.3) is 0 Å². The smallest absolute Gasteiger partial charge is 0.481 e. The molecule has 0 rings (SSSR count). The second kappa shape index (κ2) is 13.5. The van der Waals surface area contributed by atoms with Gasteiger partial charge in [0.2, 0.25) is 0 Å². The molecule has 66 valence electrons. The Labute approximate surface area is 93.2 Å². The molecule has 0 heterocycles. The van der Waals surface area contributed by atoms with E-state index in [1.807, 2.05) is 0 Å². The number of carbonyl (C=O) groups is 2. The minimum atomic E-state index is -1.31. The third-order valence-corrected chi connectivity index (χ3v) is 0.507. The Balaban J connectivity index is -0.000000142. The molecule has 5 nitrogen and oxygen atoms in total. The average Bonchev–Trinajstić information content (AvgIpc) is 1.85. The van der Waals surface area contributed by atoms with Gasteiger partial charge in [-0.1, -0.05) is 0 Å². The van der Waals surface area contributed by atoms with Crippen LogP contribution in [0.25, 0.3) is 0 Å². The molecule has 0 aliphatic carbocycles. The summed E-state index contributed by atoms with van der Waals surface area (Å²) in [6.07, 6.45) is 0.0417. The van der Waals surface area contributed by atoms with Crippen molar-refractivity contribution in [3.63, 3.8) is 0 Å². The van der Waals surface area contributed by atoms with Crippen LogP contribution in [0.15, 0.2) is 0 Å². The van der Waals surface area contributed by atoms with Crippen LogP contribution < -0.4 is 35.3 Å². The SMILES string of the molecule is O=C(O)CC(=O)O.[CH2-]CCN.[Na+]. The zero-order valence-electron chi connectivity index (χ0n) is 7.12. The molecule has 0 atom stereocenters. The van der Waals surface area contributed by atoms with Crippen molar-refractivity contribution in [3.8, 4) is 0 Å². The van der Waals surface area contributed by atoms with Gasteiger partial charge >= 0.3 is 41.5 Å². The van der Waals surface area contributed by atoms with Crippen molar-refractivity contribution in [1.29, 1.82) is 0 Å². The van der Waals surface area contributed by atoms with Crippen molar-refractivity contribution in [2.24, 2.45) is 5.73 Å². The molecular weight excluding hydrogens is 173 g/mol. The van der Waals surface area contributed by atoms with Gasteiger partial charge < -0.3 is 22.9 Å². The maximum Gasteiger partial charge on any atom is 1.00 e. The molecule has 0 unspecified atom stereocenters. The third-order valence-electron chi connectivity index (χ3n) is 0.507. The first-order valence-electron chi connectivity index (χ1n) is 2.97. The second-order valence-corrected chi connectivity index (χ2v) is 1.61. The Hall–Kier alpha value is -0.100. The van der Waals surface area contributed by atoms with Gasteiger partial charge in [0.1, 0.15) is 6.42 Å². The molecule has 12 heavy (non-hydrogen) atoms. The molecule has 0 aromatic heterocycles. The number of carboxylic acids is 2. The number of rotatable bonds is 3. The topological polar surface area (TPSA) is 101 Å². The molecule has 0 saturated carbocycles. The van der Waals surface area contributed by atoms with E-state index in [2.05, 4.69) is 6.92 Å². The van der Waals surface area contributed by atoms with Gasteiger partial charge in [-0.25, -0.2) is 0 Å². The molecule has 0 fully saturated rings. The Morgan fingerprint density at radius 1 is 1.25 bits per heavy atom. The predicted molar refractivity (Wildman–Crippen MR) is 38.9 cm³/mol. The normalized spacial score (nSPS) is 7.17. The summed E-state index contributed by atoms with van der Waals surface area (Å²) >= 11 is 0. The summed E-state index contributed by atoms with van der Waals surface area (Å²) < 4.78 is 0. The van der Waals surface area contributed by atoms with E-state index in [4.69, 9.17) is 15.9 Å². The first-order valence-corrected chi connectivity index (χ1v) is 2.97. The van der Waals surface area contributed by atoms with E-state index in [1.54, 1.807) is 0 Å². The number of nitrogens with two attached hydrogens (primary N) is 1. The van der Waals surface area contributed by atoms with Gasteiger partial charge in [0, 0.05) is 0 Å². The Morgan fingerprint density at radius 2 is 1.50 bits per heavy atom. The van der Waals surface area contributed by atoms with E-state index in [1.165, 1.54) is 0 Å². The molecule has 0 saturated heterocycles. The molecule has 0 amide bonds. The van der Waals surface area contributed by atoms with Crippen LogP contribution in [0.4, 0.5) is 0 Å². The van der Waals surface area contributed by atoms with Gasteiger partial charge in [0.15, 0.2) is 0 Å². The number of aliphatic carboxylic acids is 2. The predicted octanol–water partition coefficient (Wildman–Crippen LogP) is -3.28. The maximum absolute atomic E-state index is 9.43. The van der Waals surface area contributed by atoms with Gasteiger partial charge in [0.05, 0.1) is 0 Å². The zero-order valence-corrected chi connectivity index (χ0v) is 9.12. The fourth-order valence-corrected chi connectivity index (χ4v) is 0.129. The fraction of sp³-hybridized carbons (Fsp3) is 0.500. The first kappa shape index (κ1) is 17.8. The largest absolute Gasteiger partial charge is 1.00 e. The van der Waals surface area contributed by atoms with Gasteiger partial charge in [-0.2, -0.15) is 6.42 Å². The van der Waals surface area contributed by atoms with Crippen molar-refractivity contribution in [2.45, 2.75) is 12.8 Å². The van der Waals surface area contributed by atoms with E-state index >= 15 is 0 Å². The monoisotopic (exact) mass is 185 g/mol. The summed E-state index contributed by atoms with van der Waals surface area (Å²) in [5.41, 5.74) is 4.97. The first-order chi connectivity index (χ1) is 5.04. The van der Waals surface area contributed by atoms with Gasteiger partial charge in [-0.15, -0.1) is 0 Å². The summed E-state index contributed by atoms with van der Waals surface area (Å²) in [5, 5.41) is 15.4. The quantitative estimate of drug-likeness (QED) is 0.243. The van der Waals surface area contributed by atoms with Crippen molar-refractivity contribution in [2.75, 3.05) is 6.54 Å². The van der Waals surface area contributed by atoms with Crippen LogP contribution in [0.5, 0.6) is 0 Å². The second-order valence-electron chi connectivity index (χ2n) is 1.61. The molecule has 0 aromatic rings. The Morgan fingerprint density at radius 3 is 1.50 bits per heavy atom. The van der Waals surface area contributed by atoms with E-state index in [0.29, 0.717) is 6.54 Å². The minimum Gasteiger partial charge on any atom is -0.481 e. The van der Waals surface area contributed by atoms with Crippen LogP contribution in [-0.2, 0) is 9.59 Å². The molecule has 0 bridgehead atoms. The van der Waals surface area contributed by atoms with E-state index < -0.39 is 18.4 Å². The van der Waals surface area contributed by atoms with Crippen LogP contribution in [0.2, 0.25) is 0 Å². The van der Waals surface area contributed by atoms with Crippen LogP contribution in [-0.4, -0.2) is 28.7 Å². The molecule has 0 spiro atoms. The summed E-state index contributed by atoms with van der Waals surface area (Å²) in [5.74, 6) is -2.62. The summed E-state index contributed by atoms with van der Waals surface area (Å²) in [6.45, 7) is 4.19. The maximum atomic E-state index is 9.43. The molecule has 4 N–H and O–H groups in total. The van der Waals surface area contributed by atoms with Crippen LogP contribution >= 0.6 is 0 Å². The van der Waals surface area contributed by atoms with Crippen molar-refractivity contribution < 1.29 is 49.4 Å². The van der Waals surface area contributed by atoms with Crippen LogP contribution in [0.1, 0.15) is 12.8 Å².